The first-order valence-electron chi connectivity index (χ1n) is 3.35. The largest absolute Gasteiger partial charge is 0.495 e. The molecule has 0 atom stereocenters. The molecule has 0 aliphatic rings. The highest BCUT2D eigenvalue weighted by atomic mass is 35.5. The number of rotatable bonds is 2. The minimum Gasteiger partial charge on any atom is -0.495 e. The van der Waals surface area contributed by atoms with Crippen molar-refractivity contribution in [2.24, 2.45) is 0 Å². The number of halogens is 1. The molecule has 2 N–H and O–H groups in total. The molecule has 3 nitrogen and oxygen atoms in total. The molecule has 0 heterocycles. The van der Waals surface area contributed by atoms with Gasteiger partial charge in [0.25, 0.3) is 0 Å². The molecule has 0 fully saturated rings. The van der Waals surface area contributed by atoms with Gasteiger partial charge < -0.3 is 14.8 Å². The van der Waals surface area contributed by atoms with Crippen LogP contribution < -0.4 is 10.2 Å². The van der Waals surface area contributed by atoms with Gasteiger partial charge in [0.05, 0.1) is 12.1 Å². The first-order valence-corrected chi connectivity index (χ1v) is 3.73. The van der Waals surface area contributed by atoms with Crippen LogP contribution in [0, 0.1) is 0 Å². The van der Waals surface area contributed by atoms with Gasteiger partial charge in [-0.15, -0.1) is 0 Å². The van der Waals surface area contributed by atoms with Crippen molar-refractivity contribution in [2.45, 2.75) is 0 Å². The van der Waals surface area contributed by atoms with E-state index < -0.39 is 7.12 Å². The second-order valence-corrected chi connectivity index (χ2v) is 2.62. The topological polar surface area (TPSA) is 49.7 Å². The summed E-state index contributed by atoms with van der Waals surface area (Å²) in [5, 5.41) is 17.9. The van der Waals surface area contributed by atoms with E-state index in [-0.39, 0.29) is 10.5 Å². The van der Waals surface area contributed by atoms with Gasteiger partial charge in [-0.2, -0.15) is 0 Å². The summed E-state index contributed by atoms with van der Waals surface area (Å²) in [5.41, 5.74) is 0.246. The molecule has 0 aromatic heterocycles. The molecule has 0 aliphatic heterocycles. The fourth-order valence-corrected chi connectivity index (χ4v) is 1.19. The van der Waals surface area contributed by atoms with Gasteiger partial charge in [-0.25, -0.2) is 0 Å². The molecule has 0 aliphatic carbocycles. The third-order valence-electron chi connectivity index (χ3n) is 1.49. The van der Waals surface area contributed by atoms with Crippen molar-refractivity contribution in [1.29, 1.82) is 0 Å². The number of ether oxygens (including phenoxy) is 1. The molecule has 0 unspecified atom stereocenters. The van der Waals surface area contributed by atoms with Crippen molar-refractivity contribution in [3.63, 3.8) is 0 Å². The van der Waals surface area contributed by atoms with Crippen LogP contribution in [0.5, 0.6) is 5.75 Å². The summed E-state index contributed by atoms with van der Waals surface area (Å²) < 4.78 is 4.88. The lowest BCUT2D eigenvalue weighted by molar-refractivity contribution is 0.412. The van der Waals surface area contributed by atoms with Crippen molar-refractivity contribution < 1.29 is 14.8 Å². The molecular formula is C7H8BClO3. The average molecular weight is 186 g/mol. The fourth-order valence-electron chi connectivity index (χ4n) is 0.885. The predicted octanol–water partition coefficient (Wildman–Crippen LogP) is 0.0284. The van der Waals surface area contributed by atoms with E-state index in [4.69, 9.17) is 26.4 Å². The monoisotopic (exact) mass is 186 g/mol. The van der Waals surface area contributed by atoms with Crippen molar-refractivity contribution >= 4 is 24.2 Å². The van der Waals surface area contributed by atoms with Gasteiger partial charge in [0, 0.05) is 5.46 Å². The first-order chi connectivity index (χ1) is 5.66. The maximum atomic E-state index is 8.84. The summed E-state index contributed by atoms with van der Waals surface area (Å²) in [6.45, 7) is 0. The Morgan fingerprint density at radius 2 is 2.08 bits per heavy atom. The standard InChI is InChI=1S/C7H8BClO3/c1-12-6-4-2-3-5(7(6)9)8(10)11/h2-4,10-11H,1H3. The van der Waals surface area contributed by atoms with Gasteiger partial charge in [-0.1, -0.05) is 23.7 Å². The Labute approximate surface area is 75.7 Å². The Bertz CT molecular complexity index is 277. The predicted molar refractivity (Wildman–Crippen MR) is 47.8 cm³/mol. The Hall–Kier alpha value is -0.705. The molecule has 0 saturated carbocycles. The van der Waals surface area contributed by atoms with Crippen LogP contribution in [-0.4, -0.2) is 24.3 Å². The van der Waals surface area contributed by atoms with Crippen LogP contribution in [-0.2, 0) is 0 Å². The molecule has 12 heavy (non-hydrogen) atoms. The molecule has 0 spiro atoms. The van der Waals surface area contributed by atoms with Crippen LogP contribution in [0.25, 0.3) is 0 Å². The van der Waals surface area contributed by atoms with E-state index in [9.17, 15) is 0 Å². The van der Waals surface area contributed by atoms with Crippen molar-refractivity contribution in [1.82, 2.24) is 0 Å². The van der Waals surface area contributed by atoms with Crippen LogP contribution >= 0.6 is 11.6 Å². The van der Waals surface area contributed by atoms with Crippen molar-refractivity contribution in [2.75, 3.05) is 7.11 Å². The molecule has 5 heteroatoms. The van der Waals surface area contributed by atoms with Gasteiger partial charge >= 0.3 is 7.12 Å². The Kier molecular flexibility index (Phi) is 2.97. The molecule has 1 aromatic carbocycles. The molecule has 0 bridgehead atoms. The number of benzene rings is 1. The zero-order valence-electron chi connectivity index (χ0n) is 6.49. The lowest BCUT2D eigenvalue weighted by Gasteiger charge is -2.06. The average Bonchev–Trinajstić information content (AvgIpc) is 2.04. The quantitative estimate of drug-likeness (QED) is 0.641. The zero-order valence-corrected chi connectivity index (χ0v) is 7.25. The molecule has 1 aromatic rings. The van der Waals surface area contributed by atoms with Crippen LogP contribution in [0.15, 0.2) is 18.2 Å². The normalized spacial score (nSPS) is 9.67. The Balaban J connectivity index is 3.14. The lowest BCUT2D eigenvalue weighted by atomic mass is 9.80. The van der Waals surface area contributed by atoms with E-state index in [1.807, 2.05) is 0 Å². The van der Waals surface area contributed by atoms with Gasteiger partial charge in [0.2, 0.25) is 0 Å². The highest BCUT2D eigenvalue weighted by molar-refractivity contribution is 6.63. The first kappa shape index (κ1) is 9.38. The van der Waals surface area contributed by atoms with Gasteiger partial charge in [-0.05, 0) is 6.07 Å². The van der Waals surface area contributed by atoms with Crippen LogP contribution in [0.4, 0.5) is 0 Å². The number of methoxy groups -OCH3 is 1. The van der Waals surface area contributed by atoms with E-state index in [2.05, 4.69) is 0 Å². The van der Waals surface area contributed by atoms with Crippen LogP contribution in [0.1, 0.15) is 0 Å². The molecular weight excluding hydrogens is 178 g/mol. The van der Waals surface area contributed by atoms with Gasteiger partial charge in [-0.3, -0.25) is 0 Å². The number of hydrogen-bond acceptors (Lipinski definition) is 3. The van der Waals surface area contributed by atoms with E-state index in [1.165, 1.54) is 13.2 Å². The minimum absolute atomic E-state index is 0.231. The lowest BCUT2D eigenvalue weighted by Crippen LogP contribution is -2.30. The van der Waals surface area contributed by atoms with Gasteiger partial charge in [0.15, 0.2) is 0 Å². The van der Waals surface area contributed by atoms with E-state index in [1.54, 1.807) is 12.1 Å². The van der Waals surface area contributed by atoms with Crippen LogP contribution in [0.2, 0.25) is 5.02 Å². The molecule has 0 saturated heterocycles. The molecule has 1 rings (SSSR count). The highest BCUT2D eigenvalue weighted by Gasteiger charge is 2.17. The summed E-state index contributed by atoms with van der Waals surface area (Å²) in [7, 11) is -0.0954. The SMILES string of the molecule is COc1cccc(B(O)O)c1Cl. The summed E-state index contributed by atoms with van der Waals surface area (Å²) in [5.74, 6) is 0.433. The Morgan fingerprint density at radius 1 is 1.42 bits per heavy atom. The third kappa shape index (κ3) is 1.72. The summed E-state index contributed by atoms with van der Waals surface area (Å²) in [6, 6.07) is 4.81. The van der Waals surface area contributed by atoms with Crippen LogP contribution in [0.3, 0.4) is 0 Å². The van der Waals surface area contributed by atoms with E-state index in [0.717, 1.165) is 0 Å². The number of hydrogen-bond donors (Lipinski definition) is 2. The molecule has 0 radical (unpaired) electrons. The van der Waals surface area contributed by atoms with Gasteiger partial charge in [0.1, 0.15) is 5.75 Å². The fraction of sp³-hybridized carbons (Fsp3) is 0.143. The Morgan fingerprint density at radius 3 is 2.58 bits per heavy atom. The second kappa shape index (κ2) is 3.80. The van der Waals surface area contributed by atoms with E-state index >= 15 is 0 Å². The molecule has 0 amide bonds. The summed E-state index contributed by atoms with van der Waals surface area (Å²) in [6.07, 6.45) is 0. The molecule has 64 valence electrons. The van der Waals surface area contributed by atoms with Crippen molar-refractivity contribution in [3.8, 4) is 5.75 Å². The second-order valence-electron chi connectivity index (χ2n) is 2.24. The maximum Gasteiger partial charge on any atom is 0.490 e. The van der Waals surface area contributed by atoms with E-state index in [0.29, 0.717) is 5.75 Å². The van der Waals surface area contributed by atoms with Crippen molar-refractivity contribution in [3.05, 3.63) is 23.2 Å². The highest BCUT2D eigenvalue weighted by Crippen LogP contribution is 2.20. The smallest absolute Gasteiger partial charge is 0.490 e. The zero-order chi connectivity index (χ0) is 9.14. The maximum absolute atomic E-state index is 8.84. The minimum atomic E-state index is -1.56. The third-order valence-corrected chi connectivity index (χ3v) is 1.90. The summed E-state index contributed by atoms with van der Waals surface area (Å²) >= 11 is 5.76. The summed E-state index contributed by atoms with van der Waals surface area (Å²) in [4.78, 5) is 0.